The maximum Gasteiger partial charge on any atom is 0.397 e. The van der Waals surface area contributed by atoms with Crippen LogP contribution in [0.15, 0.2) is 0 Å². The minimum absolute atomic E-state index is 0.282. The molecule has 2 atom stereocenters. The molecule has 3 saturated carbocycles. The summed E-state index contributed by atoms with van der Waals surface area (Å²) in [5, 5.41) is 0. The van der Waals surface area contributed by atoms with Gasteiger partial charge in [0, 0.05) is 12.8 Å². The molecule has 0 bridgehead atoms. The molecule has 3 aliphatic rings. The second-order valence-corrected chi connectivity index (χ2v) is 10.8. The maximum atomic E-state index is 14.8. The van der Waals surface area contributed by atoms with Gasteiger partial charge in [-0.05, 0) is 56.3 Å². The summed E-state index contributed by atoms with van der Waals surface area (Å²) in [6.07, 6.45) is -5.17. The normalized spacial score (nSPS) is 38.9. The molecule has 0 aromatic rings. The third-order valence-corrected chi connectivity index (χ3v) is 8.48. The molecule has 0 radical (unpaired) electrons. The number of hydrogen-bond acceptors (Lipinski definition) is 1. The molecular formula is C25H39F7O. The molecule has 0 aromatic heterocycles. The molecule has 0 amide bonds. The Morgan fingerprint density at radius 2 is 1.24 bits per heavy atom. The number of rotatable bonds is 8. The monoisotopic (exact) mass is 488 g/mol. The lowest BCUT2D eigenvalue weighted by molar-refractivity contribution is -0.312. The van der Waals surface area contributed by atoms with Gasteiger partial charge < -0.3 is 4.74 Å². The van der Waals surface area contributed by atoms with E-state index in [-0.39, 0.29) is 12.8 Å². The van der Waals surface area contributed by atoms with Crippen LogP contribution in [0.2, 0.25) is 0 Å². The smallest absolute Gasteiger partial charge is 0.317 e. The molecule has 0 aromatic carbocycles. The standard InChI is InChI=1S/C25H39F7O/c1-2-3-4-5-16-6-8-17(9-7-16)18-10-12-19(13-11-18)25(31,32)33-20-14-21(26)23(22(27)15-20)24(28,29)30/h16-23H,2-15H2,1H3. The Morgan fingerprint density at radius 3 is 1.73 bits per heavy atom. The zero-order valence-electron chi connectivity index (χ0n) is 19.6. The lowest BCUT2D eigenvalue weighted by Crippen LogP contribution is -2.49. The molecule has 3 fully saturated rings. The van der Waals surface area contributed by atoms with E-state index in [4.69, 9.17) is 4.74 Å². The van der Waals surface area contributed by atoms with Gasteiger partial charge in [-0.1, -0.05) is 45.4 Å². The van der Waals surface area contributed by atoms with Gasteiger partial charge in [-0.3, -0.25) is 0 Å². The van der Waals surface area contributed by atoms with E-state index in [9.17, 15) is 30.7 Å². The van der Waals surface area contributed by atoms with Crippen molar-refractivity contribution in [1.82, 2.24) is 0 Å². The molecule has 2 unspecified atom stereocenters. The van der Waals surface area contributed by atoms with Crippen LogP contribution >= 0.6 is 0 Å². The first kappa shape index (κ1) is 27.1. The van der Waals surface area contributed by atoms with Crippen molar-refractivity contribution < 1.29 is 35.5 Å². The zero-order valence-corrected chi connectivity index (χ0v) is 19.6. The summed E-state index contributed by atoms with van der Waals surface area (Å²) in [5.74, 6) is -1.99. The summed E-state index contributed by atoms with van der Waals surface area (Å²) in [6, 6.07) is 0. The molecule has 194 valence electrons. The van der Waals surface area contributed by atoms with E-state index in [0.717, 1.165) is 18.8 Å². The Bertz CT molecular complexity index is 568. The van der Waals surface area contributed by atoms with Gasteiger partial charge in [0.15, 0.2) is 0 Å². The van der Waals surface area contributed by atoms with Crippen molar-refractivity contribution in [2.24, 2.45) is 29.6 Å². The third kappa shape index (κ3) is 7.23. The van der Waals surface area contributed by atoms with Crippen LogP contribution in [0.1, 0.15) is 96.8 Å². The molecule has 0 aliphatic heterocycles. The van der Waals surface area contributed by atoms with Gasteiger partial charge in [0.25, 0.3) is 0 Å². The van der Waals surface area contributed by atoms with E-state index in [0.29, 0.717) is 24.7 Å². The lowest BCUT2D eigenvalue weighted by Gasteiger charge is -2.41. The van der Waals surface area contributed by atoms with E-state index in [2.05, 4.69) is 6.92 Å². The topological polar surface area (TPSA) is 9.23 Å². The fourth-order valence-corrected chi connectivity index (χ4v) is 6.50. The van der Waals surface area contributed by atoms with Crippen LogP contribution in [0, 0.1) is 29.6 Å². The fourth-order valence-electron chi connectivity index (χ4n) is 6.50. The Labute approximate surface area is 193 Å². The first-order valence-corrected chi connectivity index (χ1v) is 12.9. The molecule has 0 saturated heterocycles. The molecule has 1 nitrogen and oxygen atoms in total. The van der Waals surface area contributed by atoms with E-state index in [1.807, 2.05) is 0 Å². The van der Waals surface area contributed by atoms with Crippen LogP contribution in [0.25, 0.3) is 0 Å². The Balaban J connectivity index is 1.43. The molecule has 0 spiro atoms. The summed E-state index contributed by atoms with van der Waals surface area (Å²) in [4.78, 5) is 0. The van der Waals surface area contributed by atoms with Crippen LogP contribution < -0.4 is 0 Å². The molecule has 3 rings (SSSR count). The predicted octanol–water partition coefficient (Wildman–Crippen LogP) is 8.81. The van der Waals surface area contributed by atoms with E-state index >= 15 is 0 Å². The summed E-state index contributed by atoms with van der Waals surface area (Å²) in [7, 11) is 0. The number of unbranched alkanes of at least 4 members (excludes halogenated alkanes) is 2. The van der Waals surface area contributed by atoms with Gasteiger partial charge in [0.1, 0.15) is 18.3 Å². The third-order valence-electron chi connectivity index (χ3n) is 8.48. The summed E-state index contributed by atoms with van der Waals surface area (Å²) >= 11 is 0. The quantitative estimate of drug-likeness (QED) is 0.245. The van der Waals surface area contributed by atoms with Crippen molar-refractivity contribution in [3.63, 3.8) is 0 Å². The molecule has 3 aliphatic carbocycles. The maximum absolute atomic E-state index is 14.8. The lowest BCUT2D eigenvalue weighted by atomic mass is 9.68. The van der Waals surface area contributed by atoms with Crippen molar-refractivity contribution >= 4 is 0 Å². The average Bonchev–Trinajstić information content (AvgIpc) is 2.73. The molecular weight excluding hydrogens is 449 g/mol. The van der Waals surface area contributed by atoms with Crippen molar-refractivity contribution in [3.05, 3.63) is 0 Å². The molecule has 33 heavy (non-hydrogen) atoms. The minimum atomic E-state index is -5.03. The number of alkyl halides is 7. The molecule has 8 heteroatoms. The van der Waals surface area contributed by atoms with Gasteiger partial charge in [-0.2, -0.15) is 22.0 Å². The van der Waals surface area contributed by atoms with Crippen LogP contribution in [0.3, 0.4) is 0 Å². The van der Waals surface area contributed by atoms with Gasteiger partial charge in [0.05, 0.1) is 12.0 Å². The van der Waals surface area contributed by atoms with Crippen molar-refractivity contribution in [2.45, 2.75) is 128 Å². The fraction of sp³-hybridized carbons (Fsp3) is 1.00. The second kappa shape index (κ2) is 11.5. The van der Waals surface area contributed by atoms with Gasteiger partial charge in [0.2, 0.25) is 0 Å². The highest BCUT2D eigenvalue weighted by molar-refractivity contribution is 4.92. The molecule has 0 N–H and O–H groups in total. The Kier molecular flexibility index (Phi) is 9.41. The number of ether oxygens (including phenoxy) is 1. The van der Waals surface area contributed by atoms with Crippen molar-refractivity contribution in [2.75, 3.05) is 0 Å². The Hall–Kier alpha value is -0.530. The van der Waals surface area contributed by atoms with Gasteiger partial charge >= 0.3 is 12.3 Å². The van der Waals surface area contributed by atoms with Gasteiger partial charge in [-0.25, -0.2) is 8.78 Å². The first-order valence-electron chi connectivity index (χ1n) is 12.9. The first-order chi connectivity index (χ1) is 15.5. The number of halogens is 7. The summed E-state index contributed by atoms with van der Waals surface area (Å²) < 4.78 is 101. The number of hydrogen-bond donors (Lipinski definition) is 0. The summed E-state index contributed by atoms with van der Waals surface area (Å²) in [5.41, 5.74) is 0. The minimum Gasteiger partial charge on any atom is -0.317 e. The van der Waals surface area contributed by atoms with Gasteiger partial charge in [-0.15, -0.1) is 0 Å². The Morgan fingerprint density at radius 1 is 0.727 bits per heavy atom. The van der Waals surface area contributed by atoms with Crippen LogP contribution in [-0.2, 0) is 4.74 Å². The van der Waals surface area contributed by atoms with Crippen LogP contribution in [0.5, 0.6) is 0 Å². The van der Waals surface area contributed by atoms with E-state index < -0.39 is 55.4 Å². The van der Waals surface area contributed by atoms with Crippen LogP contribution in [-0.4, -0.2) is 30.7 Å². The van der Waals surface area contributed by atoms with E-state index in [1.165, 1.54) is 38.5 Å². The average molecular weight is 489 g/mol. The van der Waals surface area contributed by atoms with Crippen molar-refractivity contribution in [1.29, 1.82) is 0 Å². The van der Waals surface area contributed by atoms with Crippen molar-refractivity contribution in [3.8, 4) is 0 Å². The highest BCUT2D eigenvalue weighted by atomic mass is 19.4. The zero-order chi connectivity index (χ0) is 24.2. The SMILES string of the molecule is CCCCCC1CCC(C2CCC(C(F)(F)OC3CC(F)C(C(F)(F)F)C(F)C3)CC2)CC1. The highest BCUT2D eigenvalue weighted by Gasteiger charge is 2.55. The second-order valence-electron chi connectivity index (χ2n) is 10.8. The summed E-state index contributed by atoms with van der Waals surface area (Å²) in [6.45, 7) is 2.20. The molecule has 0 heterocycles. The van der Waals surface area contributed by atoms with E-state index in [1.54, 1.807) is 0 Å². The predicted molar refractivity (Wildman–Crippen MR) is 113 cm³/mol. The highest BCUT2D eigenvalue weighted by Crippen LogP contribution is 2.48. The van der Waals surface area contributed by atoms with Crippen LogP contribution in [0.4, 0.5) is 30.7 Å². The largest absolute Gasteiger partial charge is 0.397 e.